The molecule has 0 N–H and O–H groups in total. The Labute approximate surface area is 470 Å². The van der Waals surface area contributed by atoms with Crippen molar-refractivity contribution in [3.63, 3.8) is 0 Å². The summed E-state index contributed by atoms with van der Waals surface area (Å²) in [7, 11) is 0. The molecular formula is C76H66Ru. The molecule has 0 atom stereocenters. The molecule has 0 saturated carbocycles. The van der Waals surface area contributed by atoms with E-state index in [2.05, 4.69) is 364 Å². The van der Waals surface area contributed by atoms with Crippen molar-refractivity contribution in [2.45, 2.75) is 23.7 Å². The number of rotatable bonds is 12. The molecule has 0 nitrogen and oxygen atoms in total. The first-order valence-corrected chi connectivity index (χ1v) is 26.4. The van der Waals surface area contributed by atoms with E-state index in [9.17, 15) is 0 Å². The van der Waals surface area contributed by atoms with Crippen molar-refractivity contribution in [2.24, 2.45) is 0 Å². The van der Waals surface area contributed by atoms with E-state index in [0.717, 1.165) is 0 Å². The monoisotopic (exact) mass is 1080 g/mol. The van der Waals surface area contributed by atoms with Gasteiger partial charge in [0.25, 0.3) is 0 Å². The van der Waals surface area contributed by atoms with E-state index < -0.39 is 0 Å². The van der Waals surface area contributed by atoms with Gasteiger partial charge in [-0.1, -0.05) is 364 Å². The fourth-order valence-corrected chi connectivity index (χ4v) is 10.1. The fraction of sp³-hybridized carbons (Fsp3) is 0.0526. The summed E-state index contributed by atoms with van der Waals surface area (Å²) in [5.41, 5.74) is 16.0. The molecule has 0 heterocycles. The van der Waals surface area contributed by atoms with E-state index in [1.165, 1.54) is 66.8 Å². The first-order valence-electron chi connectivity index (χ1n) is 26.4. The minimum absolute atomic E-state index is 0. The van der Waals surface area contributed by atoms with Gasteiger partial charge < -0.3 is 0 Å². The predicted octanol–water partition coefficient (Wildman–Crippen LogP) is 18.9. The maximum atomic E-state index is 2.20. The summed E-state index contributed by atoms with van der Waals surface area (Å²) in [6.45, 7) is 0. The second-order valence-corrected chi connectivity index (χ2v) is 18.7. The Bertz CT molecular complexity index is 2550. The van der Waals surface area contributed by atoms with Gasteiger partial charge >= 0.3 is 19.5 Å². The van der Waals surface area contributed by atoms with Gasteiger partial charge in [0.05, 0.1) is 0 Å². The Morgan fingerprint density at radius 2 is 0.169 bits per heavy atom. The zero-order valence-corrected chi connectivity index (χ0v) is 45.4. The molecule has 0 radical (unpaired) electrons. The molecular weight excluding hydrogens is 1010 g/mol. The van der Waals surface area contributed by atoms with Crippen molar-refractivity contribution in [2.75, 3.05) is 0 Å². The molecule has 12 aromatic rings. The van der Waals surface area contributed by atoms with Crippen molar-refractivity contribution < 1.29 is 19.5 Å². The van der Waals surface area contributed by atoms with Gasteiger partial charge in [-0.15, -0.1) is 0 Å². The quantitative estimate of drug-likeness (QED) is 0.0845. The molecule has 1 heteroatoms. The van der Waals surface area contributed by atoms with Crippen LogP contribution in [0.15, 0.2) is 364 Å². The Balaban J connectivity index is 0.000000135. The van der Waals surface area contributed by atoms with Crippen LogP contribution in [0.3, 0.4) is 0 Å². The summed E-state index contributed by atoms with van der Waals surface area (Å²) >= 11 is 0. The minimum atomic E-state index is 0. The Kier molecular flexibility index (Phi) is 21.2. The second kappa shape index (κ2) is 30.0. The Morgan fingerprint density at radius 1 is 0.104 bits per heavy atom. The number of hydrogen-bond donors (Lipinski definition) is 0. The molecule has 0 aliphatic heterocycles. The van der Waals surface area contributed by atoms with Crippen LogP contribution >= 0.6 is 0 Å². The standard InChI is InChI=1S/4C19H16.Ru.2H/c4*1-4-10-16(11-5-1)19(17-12-6-2-7-13-17)18-14-8-3-9-15-18;;;/h4*1-15,19H;;;. The molecule has 0 fully saturated rings. The maximum Gasteiger partial charge on any atom is 0.0339 e. The smallest absolute Gasteiger partial charge is 0.0339 e. The van der Waals surface area contributed by atoms with Crippen LogP contribution in [0.25, 0.3) is 0 Å². The maximum absolute atomic E-state index is 2.20. The summed E-state index contributed by atoms with van der Waals surface area (Å²) in [4.78, 5) is 0. The zero-order valence-electron chi connectivity index (χ0n) is 43.4. The largest absolute Gasteiger partial charge is 0.0622 e. The Hall–Kier alpha value is -8.74. The normalized spacial score (nSPS) is 10.4. The van der Waals surface area contributed by atoms with Gasteiger partial charge in [-0.3, -0.25) is 0 Å². The van der Waals surface area contributed by atoms with Crippen LogP contribution in [0, 0.1) is 0 Å². The summed E-state index contributed by atoms with van der Waals surface area (Å²) < 4.78 is 0. The number of benzene rings is 12. The third-order valence-electron chi connectivity index (χ3n) is 13.6. The van der Waals surface area contributed by atoms with E-state index in [0.29, 0.717) is 23.7 Å². The predicted molar refractivity (Wildman–Crippen MR) is 324 cm³/mol. The summed E-state index contributed by atoms with van der Waals surface area (Å²) in [5, 5.41) is 0. The average molecular weight is 1080 g/mol. The van der Waals surface area contributed by atoms with E-state index >= 15 is 0 Å². The van der Waals surface area contributed by atoms with Crippen LogP contribution in [0.1, 0.15) is 90.4 Å². The zero-order chi connectivity index (χ0) is 51.7. The van der Waals surface area contributed by atoms with Crippen molar-refractivity contribution in [3.05, 3.63) is 431 Å². The second-order valence-electron chi connectivity index (χ2n) is 18.7. The van der Waals surface area contributed by atoms with Gasteiger partial charge in [-0.2, -0.15) is 0 Å². The molecule has 0 unspecified atom stereocenters. The van der Waals surface area contributed by atoms with Crippen LogP contribution in [0.4, 0.5) is 0 Å². The van der Waals surface area contributed by atoms with Gasteiger partial charge in [-0.25, -0.2) is 0 Å². The third kappa shape index (κ3) is 15.7. The molecule has 0 spiro atoms. The molecule has 0 aliphatic rings. The van der Waals surface area contributed by atoms with Crippen molar-refractivity contribution >= 4 is 0 Å². The topological polar surface area (TPSA) is 0 Å². The molecule has 378 valence electrons. The van der Waals surface area contributed by atoms with Crippen molar-refractivity contribution in [1.29, 1.82) is 0 Å². The molecule has 12 aromatic carbocycles. The van der Waals surface area contributed by atoms with Crippen LogP contribution in [0.2, 0.25) is 0 Å². The molecule has 0 bridgehead atoms. The van der Waals surface area contributed by atoms with Crippen molar-refractivity contribution in [3.8, 4) is 0 Å². The molecule has 12 rings (SSSR count). The van der Waals surface area contributed by atoms with Crippen LogP contribution in [-0.4, -0.2) is 0 Å². The molecule has 77 heavy (non-hydrogen) atoms. The van der Waals surface area contributed by atoms with E-state index in [1.807, 2.05) is 0 Å². The average Bonchev–Trinajstić information content (AvgIpc) is 3.51. The first-order chi connectivity index (χ1) is 37.8. The Morgan fingerprint density at radius 3 is 0.234 bits per heavy atom. The summed E-state index contributed by atoms with van der Waals surface area (Å²) in [5.74, 6) is 1.24. The van der Waals surface area contributed by atoms with Gasteiger partial charge in [0.2, 0.25) is 0 Å². The van der Waals surface area contributed by atoms with Crippen molar-refractivity contribution in [1.82, 2.24) is 0 Å². The molecule has 0 amide bonds. The fourth-order valence-electron chi connectivity index (χ4n) is 10.1. The minimum Gasteiger partial charge on any atom is -0.0622 e. The van der Waals surface area contributed by atoms with Gasteiger partial charge in [0.15, 0.2) is 0 Å². The van der Waals surface area contributed by atoms with Gasteiger partial charge in [0, 0.05) is 23.7 Å². The SMILES string of the molecule is [RuH2].c1ccc(C(c2ccccc2)c2ccccc2)cc1.c1ccc(C(c2ccccc2)c2ccccc2)cc1.c1ccc(C(c2ccccc2)c2ccccc2)cc1.c1ccc(C(c2ccccc2)c2ccccc2)cc1. The third-order valence-corrected chi connectivity index (χ3v) is 13.6. The summed E-state index contributed by atoms with van der Waals surface area (Å²) in [6.07, 6.45) is 0. The molecule has 0 aromatic heterocycles. The molecule has 0 aliphatic carbocycles. The first kappa shape index (κ1) is 54.5. The van der Waals surface area contributed by atoms with Gasteiger partial charge in [0.1, 0.15) is 0 Å². The molecule has 0 saturated heterocycles. The summed E-state index contributed by atoms with van der Waals surface area (Å²) in [6, 6.07) is 128. The van der Waals surface area contributed by atoms with Crippen LogP contribution in [0.5, 0.6) is 0 Å². The van der Waals surface area contributed by atoms with Gasteiger partial charge in [-0.05, 0) is 66.8 Å². The van der Waals surface area contributed by atoms with Crippen LogP contribution in [-0.2, 0) is 19.5 Å². The number of hydrogen-bond acceptors (Lipinski definition) is 0. The van der Waals surface area contributed by atoms with Crippen LogP contribution < -0.4 is 0 Å². The van der Waals surface area contributed by atoms with E-state index in [1.54, 1.807) is 0 Å². The van der Waals surface area contributed by atoms with E-state index in [-0.39, 0.29) is 19.5 Å². The van der Waals surface area contributed by atoms with E-state index in [4.69, 9.17) is 0 Å².